The first-order chi connectivity index (χ1) is 10.1. The molecule has 0 aliphatic carbocycles. The molecular weight excluding hydrogens is 304 g/mol. The van der Waals surface area contributed by atoms with Gasteiger partial charge in [-0.15, -0.1) is 0 Å². The average Bonchev–Trinajstić information content (AvgIpc) is 2.34. The molecule has 0 amide bonds. The molecule has 0 fully saturated rings. The lowest BCUT2D eigenvalue weighted by molar-refractivity contribution is -0.871. The number of hydrogen-bond donors (Lipinski definition) is 1. The Balaban J connectivity index is 2.81. The van der Waals surface area contributed by atoms with Gasteiger partial charge in [-0.1, -0.05) is 30.3 Å². The molecule has 0 radical (unpaired) electrons. The van der Waals surface area contributed by atoms with Crippen LogP contribution in [0.2, 0.25) is 0 Å². The van der Waals surface area contributed by atoms with Crippen LogP contribution in [0.3, 0.4) is 0 Å². The van der Waals surface area contributed by atoms with Gasteiger partial charge >= 0.3 is 0 Å². The van der Waals surface area contributed by atoms with E-state index in [1.54, 1.807) is 24.3 Å². The van der Waals surface area contributed by atoms with Gasteiger partial charge in [0.2, 0.25) is 10.0 Å². The summed E-state index contributed by atoms with van der Waals surface area (Å²) in [6, 6.07) is 8.26. The number of benzene rings is 1. The number of nitrogens with zero attached hydrogens (tertiary/aromatic N) is 1. The molecule has 0 heterocycles. The highest BCUT2D eigenvalue weighted by Gasteiger charge is 2.22. The lowest BCUT2D eigenvalue weighted by Crippen LogP contribution is -2.50. The molecule has 0 bridgehead atoms. The number of carboxylic acids is 1. The Hall–Kier alpha value is -1.70. The second kappa shape index (κ2) is 7.53. The number of sulfonamides is 1. The van der Waals surface area contributed by atoms with Crippen molar-refractivity contribution in [3.8, 4) is 0 Å². The summed E-state index contributed by atoms with van der Waals surface area (Å²) in [5.41, 5.74) is 0.746. The fourth-order valence-corrected chi connectivity index (χ4v) is 3.05. The summed E-state index contributed by atoms with van der Waals surface area (Å²) in [6.07, 6.45) is 1.10. The second-order valence-electron chi connectivity index (χ2n) is 6.12. The summed E-state index contributed by atoms with van der Waals surface area (Å²) in [5.74, 6) is -1.28. The molecule has 0 aliphatic heterocycles. The van der Waals surface area contributed by atoms with Crippen LogP contribution in [0.4, 0.5) is 0 Å². The summed E-state index contributed by atoms with van der Waals surface area (Å²) in [5, 5.41) is 11.8. The number of likely N-dealkylation sites (N-methyl/N-ethyl adjacent to an activating group) is 1. The zero-order valence-corrected chi connectivity index (χ0v) is 13.8. The van der Waals surface area contributed by atoms with Gasteiger partial charge in [-0.2, -0.15) is 0 Å². The van der Waals surface area contributed by atoms with Crippen molar-refractivity contribution in [1.82, 2.24) is 4.72 Å². The van der Waals surface area contributed by atoms with E-state index in [1.807, 2.05) is 27.2 Å². The van der Waals surface area contributed by atoms with Crippen molar-refractivity contribution in [2.45, 2.75) is 12.5 Å². The van der Waals surface area contributed by atoms with Crippen LogP contribution >= 0.6 is 0 Å². The Morgan fingerprint density at radius 3 is 2.36 bits per heavy atom. The van der Waals surface area contributed by atoms with Crippen LogP contribution in [-0.4, -0.2) is 52.6 Å². The predicted octanol–water partition coefficient (Wildman–Crippen LogP) is -0.208. The van der Waals surface area contributed by atoms with Crippen LogP contribution in [-0.2, 0) is 14.8 Å². The first-order valence-corrected chi connectivity index (χ1v) is 8.38. The van der Waals surface area contributed by atoms with Crippen molar-refractivity contribution in [3.63, 3.8) is 0 Å². The van der Waals surface area contributed by atoms with Crippen molar-refractivity contribution in [2.24, 2.45) is 0 Å². The largest absolute Gasteiger partial charge is 0.550 e. The molecule has 1 rings (SSSR count). The molecule has 22 heavy (non-hydrogen) atoms. The zero-order chi connectivity index (χ0) is 16.8. The van der Waals surface area contributed by atoms with E-state index in [0.29, 0.717) is 11.0 Å². The maximum atomic E-state index is 12.1. The van der Waals surface area contributed by atoms with E-state index in [1.165, 1.54) is 6.08 Å². The summed E-state index contributed by atoms with van der Waals surface area (Å²) in [6.45, 7) is 0.340. The van der Waals surface area contributed by atoms with Gasteiger partial charge in [-0.25, -0.2) is 13.1 Å². The summed E-state index contributed by atoms with van der Waals surface area (Å²) >= 11 is 0. The monoisotopic (exact) mass is 326 g/mol. The standard InChI is InChI=1S/C15H22N2O4S/c1-17(2,3)12-14(11-15(18)19)16-22(20,21)10-9-13-7-5-4-6-8-13/h4-10,14,16H,11-12H2,1-3H3/t14-/m1/s1. The van der Waals surface area contributed by atoms with Crippen molar-refractivity contribution >= 4 is 22.1 Å². The highest BCUT2D eigenvalue weighted by atomic mass is 32.2. The average molecular weight is 326 g/mol. The molecule has 0 aliphatic rings. The van der Waals surface area contributed by atoms with Crippen molar-refractivity contribution in [1.29, 1.82) is 0 Å². The third-order valence-electron chi connectivity index (χ3n) is 2.75. The van der Waals surface area contributed by atoms with Crippen LogP contribution in [0.25, 0.3) is 6.08 Å². The number of carboxylic acid groups (broad SMARTS) is 1. The molecule has 0 saturated heterocycles. The number of hydrogen-bond acceptors (Lipinski definition) is 4. The lowest BCUT2D eigenvalue weighted by atomic mass is 10.2. The van der Waals surface area contributed by atoms with Gasteiger partial charge in [-0.3, -0.25) is 0 Å². The van der Waals surface area contributed by atoms with Crippen LogP contribution in [0.1, 0.15) is 12.0 Å². The zero-order valence-electron chi connectivity index (χ0n) is 13.0. The molecule has 0 unspecified atom stereocenters. The minimum atomic E-state index is -3.73. The number of carbonyl (C=O) groups is 1. The predicted molar refractivity (Wildman–Crippen MR) is 83.8 cm³/mol. The van der Waals surface area contributed by atoms with E-state index in [2.05, 4.69) is 4.72 Å². The number of rotatable bonds is 8. The van der Waals surface area contributed by atoms with Crippen LogP contribution in [0.5, 0.6) is 0 Å². The number of quaternary nitrogens is 1. The summed E-state index contributed by atoms with van der Waals surface area (Å²) in [4.78, 5) is 10.8. The molecule has 0 saturated carbocycles. The van der Waals surface area contributed by atoms with Crippen LogP contribution in [0.15, 0.2) is 35.7 Å². The van der Waals surface area contributed by atoms with Crippen LogP contribution in [0, 0.1) is 0 Å². The van der Waals surface area contributed by atoms with E-state index in [-0.39, 0.29) is 6.42 Å². The van der Waals surface area contributed by atoms with Gasteiger partial charge < -0.3 is 14.4 Å². The fourth-order valence-electron chi connectivity index (χ4n) is 2.01. The van der Waals surface area contributed by atoms with E-state index in [4.69, 9.17) is 0 Å². The van der Waals surface area contributed by atoms with Crippen molar-refractivity contribution in [3.05, 3.63) is 41.3 Å². The maximum Gasteiger partial charge on any atom is 0.234 e. The highest BCUT2D eigenvalue weighted by molar-refractivity contribution is 7.92. The van der Waals surface area contributed by atoms with Gasteiger partial charge in [0.1, 0.15) is 0 Å². The van der Waals surface area contributed by atoms with Gasteiger partial charge in [0.25, 0.3) is 0 Å². The first-order valence-electron chi connectivity index (χ1n) is 6.83. The Kier molecular flexibility index (Phi) is 6.28. The molecule has 122 valence electrons. The molecular formula is C15H22N2O4S. The van der Waals surface area contributed by atoms with Gasteiger partial charge in [0.05, 0.1) is 33.7 Å². The third-order valence-corrected chi connectivity index (χ3v) is 3.91. The Bertz CT molecular complexity index is 619. The lowest BCUT2D eigenvalue weighted by Gasteiger charge is -2.29. The summed E-state index contributed by atoms with van der Waals surface area (Å²) in [7, 11) is 1.84. The molecule has 1 atom stereocenters. The SMILES string of the molecule is C[N+](C)(C)C[C@@H](CC(=O)[O-])NS(=O)(=O)C=Cc1ccccc1. The molecule has 1 N–H and O–H groups in total. The third kappa shape index (κ3) is 7.92. The number of aliphatic carboxylic acids is 1. The highest BCUT2D eigenvalue weighted by Crippen LogP contribution is 2.06. The molecule has 1 aromatic carbocycles. The van der Waals surface area contributed by atoms with E-state index in [9.17, 15) is 18.3 Å². The molecule has 0 spiro atoms. The van der Waals surface area contributed by atoms with Gasteiger partial charge in [0.15, 0.2) is 0 Å². The Morgan fingerprint density at radius 2 is 1.86 bits per heavy atom. The quantitative estimate of drug-likeness (QED) is 0.670. The fraction of sp³-hybridized carbons (Fsp3) is 0.400. The van der Waals surface area contributed by atoms with Crippen molar-refractivity contribution in [2.75, 3.05) is 27.7 Å². The van der Waals surface area contributed by atoms with Crippen LogP contribution < -0.4 is 9.83 Å². The van der Waals surface area contributed by atoms with E-state index in [0.717, 1.165) is 11.0 Å². The topological polar surface area (TPSA) is 86.3 Å². The number of carbonyl (C=O) groups excluding carboxylic acids is 1. The Labute approximate surface area is 131 Å². The molecule has 0 aromatic heterocycles. The van der Waals surface area contributed by atoms with Crippen molar-refractivity contribution < 1.29 is 22.8 Å². The maximum absolute atomic E-state index is 12.1. The minimum Gasteiger partial charge on any atom is -0.550 e. The minimum absolute atomic E-state index is 0.340. The number of nitrogens with one attached hydrogen (secondary N) is 1. The molecule has 6 nitrogen and oxygen atoms in total. The normalized spacial score (nSPS) is 14.1. The van der Waals surface area contributed by atoms with Gasteiger partial charge in [0, 0.05) is 17.8 Å². The van der Waals surface area contributed by atoms with E-state index < -0.39 is 22.0 Å². The second-order valence-corrected chi connectivity index (χ2v) is 7.72. The van der Waals surface area contributed by atoms with Gasteiger partial charge in [-0.05, 0) is 11.6 Å². The molecule has 1 aromatic rings. The Morgan fingerprint density at radius 1 is 1.27 bits per heavy atom. The molecule has 7 heteroatoms. The summed E-state index contributed by atoms with van der Waals surface area (Å²) < 4.78 is 27.0. The van der Waals surface area contributed by atoms with E-state index >= 15 is 0 Å². The first kappa shape index (κ1) is 18.3. The smallest absolute Gasteiger partial charge is 0.234 e.